The third-order valence-electron chi connectivity index (χ3n) is 2.52. The fraction of sp³-hybridized carbons (Fsp3) is 0.286. The van der Waals surface area contributed by atoms with Gasteiger partial charge in [-0.3, -0.25) is 4.79 Å². The summed E-state index contributed by atoms with van der Waals surface area (Å²) in [5.74, 6) is -1.19. The quantitative estimate of drug-likeness (QED) is 0.739. The Morgan fingerprint density at radius 2 is 2.05 bits per heavy atom. The number of nitrogens with one attached hydrogen (secondary N) is 1. The molecule has 0 fully saturated rings. The maximum absolute atomic E-state index is 11.3. The van der Waals surface area contributed by atoms with Crippen molar-refractivity contribution in [2.24, 2.45) is 0 Å². The minimum atomic E-state index is -0.907. The summed E-state index contributed by atoms with van der Waals surface area (Å²) in [7, 11) is 0. The van der Waals surface area contributed by atoms with Gasteiger partial charge in [0.05, 0.1) is 6.42 Å². The lowest BCUT2D eigenvalue weighted by Crippen LogP contribution is -2.30. The molecule has 0 aliphatic rings. The molecule has 5 nitrogen and oxygen atoms in total. The third-order valence-corrected chi connectivity index (χ3v) is 2.52. The van der Waals surface area contributed by atoms with Gasteiger partial charge < -0.3 is 15.2 Å². The predicted molar refractivity (Wildman–Crippen MR) is 71.0 cm³/mol. The molecule has 0 aliphatic carbocycles. The van der Waals surface area contributed by atoms with Crippen LogP contribution in [0.1, 0.15) is 17.9 Å². The number of ether oxygens (including phenoxy) is 1. The molecule has 0 spiro atoms. The fourth-order valence-corrected chi connectivity index (χ4v) is 1.64. The highest BCUT2D eigenvalue weighted by Crippen LogP contribution is 2.18. The van der Waals surface area contributed by atoms with E-state index in [2.05, 4.69) is 11.9 Å². The lowest BCUT2D eigenvalue weighted by atomic mass is 9.96. The van der Waals surface area contributed by atoms with E-state index < -0.39 is 12.1 Å². The molecule has 5 heteroatoms. The van der Waals surface area contributed by atoms with Crippen molar-refractivity contribution < 1.29 is 19.4 Å². The summed E-state index contributed by atoms with van der Waals surface area (Å²) >= 11 is 0. The fourth-order valence-electron chi connectivity index (χ4n) is 1.64. The molecule has 1 rings (SSSR count). The van der Waals surface area contributed by atoms with Crippen molar-refractivity contribution in [3.63, 3.8) is 0 Å². The molecule has 0 bridgehead atoms. The Bertz CT molecular complexity index is 430. The van der Waals surface area contributed by atoms with Crippen molar-refractivity contribution in [2.45, 2.75) is 12.3 Å². The van der Waals surface area contributed by atoms with Crippen molar-refractivity contribution in [3.05, 3.63) is 48.6 Å². The van der Waals surface area contributed by atoms with Crippen LogP contribution in [-0.4, -0.2) is 30.3 Å². The Morgan fingerprint density at radius 3 is 2.63 bits per heavy atom. The first-order chi connectivity index (χ1) is 9.13. The molecular weight excluding hydrogens is 246 g/mol. The number of alkyl carbamates (subject to hydrolysis) is 1. The Labute approximate surface area is 111 Å². The number of carboxylic acid groups (broad SMARTS) is 1. The highest BCUT2D eigenvalue weighted by atomic mass is 16.5. The van der Waals surface area contributed by atoms with Gasteiger partial charge in [0.1, 0.15) is 6.61 Å². The van der Waals surface area contributed by atoms with Crippen molar-refractivity contribution in [1.82, 2.24) is 5.32 Å². The van der Waals surface area contributed by atoms with Crippen molar-refractivity contribution in [1.29, 1.82) is 0 Å². The first-order valence-electron chi connectivity index (χ1n) is 5.91. The van der Waals surface area contributed by atoms with Gasteiger partial charge in [0, 0.05) is 12.5 Å². The van der Waals surface area contributed by atoms with Crippen LogP contribution in [0.2, 0.25) is 0 Å². The van der Waals surface area contributed by atoms with Crippen LogP contribution >= 0.6 is 0 Å². The number of carbonyl (C=O) groups is 2. The number of hydrogen-bond acceptors (Lipinski definition) is 3. The van der Waals surface area contributed by atoms with Crippen LogP contribution in [0.5, 0.6) is 0 Å². The number of carboxylic acids is 1. The summed E-state index contributed by atoms with van der Waals surface area (Å²) < 4.78 is 4.77. The van der Waals surface area contributed by atoms with E-state index in [1.165, 1.54) is 6.08 Å². The van der Waals surface area contributed by atoms with E-state index >= 15 is 0 Å². The largest absolute Gasteiger partial charge is 0.481 e. The Hall–Kier alpha value is -2.30. The lowest BCUT2D eigenvalue weighted by molar-refractivity contribution is -0.137. The Balaban J connectivity index is 2.58. The van der Waals surface area contributed by atoms with E-state index in [4.69, 9.17) is 9.84 Å². The smallest absolute Gasteiger partial charge is 0.407 e. The summed E-state index contributed by atoms with van der Waals surface area (Å²) in [6, 6.07) is 9.20. The lowest BCUT2D eigenvalue weighted by Gasteiger charge is -2.16. The van der Waals surface area contributed by atoms with Crippen LogP contribution in [-0.2, 0) is 9.53 Å². The zero-order valence-electron chi connectivity index (χ0n) is 10.5. The highest BCUT2D eigenvalue weighted by molar-refractivity contribution is 5.69. The van der Waals surface area contributed by atoms with Gasteiger partial charge in [-0.2, -0.15) is 0 Å². The van der Waals surface area contributed by atoms with E-state index in [-0.39, 0.29) is 25.5 Å². The van der Waals surface area contributed by atoms with Gasteiger partial charge in [0.2, 0.25) is 0 Å². The van der Waals surface area contributed by atoms with Gasteiger partial charge in [0.15, 0.2) is 0 Å². The van der Waals surface area contributed by atoms with E-state index in [0.717, 1.165) is 5.56 Å². The van der Waals surface area contributed by atoms with E-state index in [1.54, 1.807) is 0 Å². The molecule has 1 atom stereocenters. The highest BCUT2D eigenvalue weighted by Gasteiger charge is 2.16. The van der Waals surface area contributed by atoms with Crippen molar-refractivity contribution >= 4 is 12.1 Å². The summed E-state index contributed by atoms with van der Waals surface area (Å²) in [6.45, 7) is 3.77. The second kappa shape index (κ2) is 7.92. The maximum Gasteiger partial charge on any atom is 0.407 e. The number of rotatable bonds is 7. The molecule has 0 aliphatic heterocycles. The first-order valence-corrected chi connectivity index (χ1v) is 5.91. The molecule has 0 heterocycles. The molecule has 19 heavy (non-hydrogen) atoms. The zero-order chi connectivity index (χ0) is 14.1. The minimum absolute atomic E-state index is 0.0498. The zero-order valence-corrected chi connectivity index (χ0v) is 10.5. The molecule has 0 saturated carbocycles. The van der Waals surface area contributed by atoms with Gasteiger partial charge in [-0.05, 0) is 5.56 Å². The molecule has 1 aromatic rings. The standard InChI is InChI=1S/C14H17NO4/c1-2-8-19-14(18)15-10-12(9-13(16)17)11-6-4-3-5-7-11/h2-7,12H,1,8-10H2,(H,15,18)(H,16,17)/t12-/m1/s1. The van der Waals surface area contributed by atoms with Gasteiger partial charge in [-0.25, -0.2) is 4.79 Å². The van der Waals surface area contributed by atoms with Crippen LogP contribution < -0.4 is 5.32 Å². The molecule has 1 amide bonds. The van der Waals surface area contributed by atoms with Gasteiger partial charge in [-0.15, -0.1) is 0 Å². The van der Waals surface area contributed by atoms with Gasteiger partial charge >= 0.3 is 12.1 Å². The third kappa shape index (κ3) is 5.72. The normalized spacial score (nSPS) is 11.4. The molecule has 102 valence electrons. The summed E-state index contributed by atoms with van der Waals surface area (Å²) in [5, 5.41) is 11.4. The molecule has 0 aromatic heterocycles. The Morgan fingerprint density at radius 1 is 1.37 bits per heavy atom. The van der Waals surface area contributed by atoms with E-state index in [1.807, 2.05) is 30.3 Å². The molecule has 0 radical (unpaired) electrons. The molecule has 0 unspecified atom stereocenters. The molecule has 1 aromatic carbocycles. The molecular formula is C14H17NO4. The van der Waals surface area contributed by atoms with E-state index in [0.29, 0.717) is 0 Å². The van der Waals surface area contributed by atoms with Crippen LogP contribution in [0.15, 0.2) is 43.0 Å². The van der Waals surface area contributed by atoms with Crippen LogP contribution in [0.4, 0.5) is 4.79 Å². The number of benzene rings is 1. The average molecular weight is 263 g/mol. The van der Waals surface area contributed by atoms with Gasteiger partial charge in [0.25, 0.3) is 0 Å². The second-order valence-electron chi connectivity index (χ2n) is 3.97. The van der Waals surface area contributed by atoms with E-state index in [9.17, 15) is 9.59 Å². The SMILES string of the molecule is C=CCOC(=O)NC[C@@H](CC(=O)O)c1ccccc1. The number of amides is 1. The summed E-state index contributed by atoms with van der Waals surface area (Å²) in [4.78, 5) is 22.1. The maximum atomic E-state index is 11.3. The number of hydrogen-bond donors (Lipinski definition) is 2. The summed E-state index contributed by atoms with van der Waals surface area (Å²) in [6.07, 6.45) is 0.836. The molecule has 2 N–H and O–H groups in total. The molecule has 0 saturated heterocycles. The first kappa shape index (κ1) is 14.8. The topological polar surface area (TPSA) is 75.6 Å². The Kier molecular flexibility index (Phi) is 6.15. The van der Waals surface area contributed by atoms with Crippen LogP contribution in [0, 0.1) is 0 Å². The predicted octanol–water partition coefficient (Wildman–Crippen LogP) is 2.16. The van der Waals surface area contributed by atoms with Crippen molar-refractivity contribution in [2.75, 3.05) is 13.2 Å². The number of carbonyl (C=O) groups excluding carboxylic acids is 1. The minimum Gasteiger partial charge on any atom is -0.481 e. The summed E-state index contributed by atoms with van der Waals surface area (Å²) in [5.41, 5.74) is 0.869. The monoisotopic (exact) mass is 263 g/mol. The van der Waals surface area contributed by atoms with Crippen molar-refractivity contribution in [3.8, 4) is 0 Å². The van der Waals surface area contributed by atoms with Crippen LogP contribution in [0.3, 0.4) is 0 Å². The number of aliphatic carboxylic acids is 1. The second-order valence-corrected chi connectivity index (χ2v) is 3.97. The van der Waals surface area contributed by atoms with Gasteiger partial charge in [-0.1, -0.05) is 43.0 Å². The van der Waals surface area contributed by atoms with Crippen LogP contribution in [0.25, 0.3) is 0 Å². The average Bonchev–Trinajstić information content (AvgIpc) is 2.41.